The Bertz CT molecular complexity index is 267. The van der Waals surface area contributed by atoms with Crippen LogP contribution in [0.2, 0.25) is 0 Å². The summed E-state index contributed by atoms with van der Waals surface area (Å²) >= 11 is 1.08. The molecule has 0 amide bonds. The third-order valence-corrected chi connectivity index (χ3v) is 2.15. The minimum atomic E-state index is -4.91. The van der Waals surface area contributed by atoms with Gasteiger partial charge in [0.15, 0.2) is 0 Å². The highest BCUT2D eigenvalue weighted by atomic mass is 32.1. The molecule has 0 saturated carbocycles. The van der Waals surface area contributed by atoms with Crippen molar-refractivity contribution < 1.29 is 12.9 Å². The fourth-order valence-corrected chi connectivity index (χ4v) is 1.72. The molecule has 1 heterocycles. The summed E-state index contributed by atoms with van der Waals surface area (Å²) in [5.74, 6) is 0. The maximum atomic E-state index is 12.1. The standard InChI is InChI=1S/C5H6BF3NS/c1-3-5(6(7,8)9)10-4(2)11-3/h1-2H3/q-1. The second-order valence-corrected chi connectivity index (χ2v) is 3.66. The summed E-state index contributed by atoms with van der Waals surface area (Å²) in [5.41, 5.74) is -0.688. The van der Waals surface area contributed by atoms with E-state index in [4.69, 9.17) is 0 Å². The van der Waals surface area contributed by atoms with Crippen LogP contribution < -0.4 is 5.59 Å². The minimum absolute atomic E-state index is 0.259. The summed E-state index contributed by atoms with van der Waals surface area (Å²) in [4.78, 5) is 3.66. The molecule has 0 fully saturated rings. The lowest BCUT2D eigenvalue weighted by molar-refractivity contribution is 0.498. The first-order valence-electron chi connectivity index (χ1n) is 3.05. The zero-order valence-electron chi connectivity index (χ0n) is 6.07. The number of rotatable bonds is 1. The Labute approximate surface area is 66.3 Å². The van der Waals surface area contributed by atoms with Crippen molar-refractivity contribution in [2.45, 2.75) is 13.8 Å². The third-order valence-electron chi connectivity index (χ3n) is 1.25. The highest BCUT2D eigenvalue weighted by molar-refractivity contribution is 7.13. The molecule has 1 nitrogen and oxygen atoms in total. The fourth-order valence-electron chi connectivity index (χ4n) is 0.849. The molecule has 0 spiro atoms. The van der Waals surface area contributed by atoms with Crippen LogP contribution in [0, 0.1) is 13.8 Å². The van der Waals surface area contributed by atoms with Gasteiger partial charge in [-0.3, -0.25) is 4.98 Å². The van der Waals surface area contributed by atoms with Gasteiger partial charge in [0.1, 0.15) is 0 Å². The first-order valence-corrected chi connectivity index (χ1v) is 3.87. The number of halogens is 3. The first kappa shape index (κ1) is 8.58. The highest BCUT2D eigenvalue weighted by Gasteiger charge is 2.30. The zero-order chi connectivity index (χ0) is 8.65. The van der Waals surface area contributed by atoms with Gasteiger partial charge < -0.3 is 12.9 Å². The van der Waals surface area contributed by atoms with Crippen LogP contribution in [0.25, 0.3) is 0 Å². The molecule has 1 aromatic heterocycles. The van der Waals surface area contributed by atoms with Crippen molar-refractivity contribution in [2.75, 3.05) is 0 Å². The van der Waals surface area contributed by atoms with Crippen molar-refractivity contribution >= 4 is 23.9 Å². The monoisotopic (exact) mass is 180 g/mol. The summed E-state index contributed by atoms with van der Waals surface area (Å²) in [5, 5.41) is 0.469. The molecule has 62 valence electrons. The zero-order valence-corrected chi connectivity index (χ0v) is 6.88. The Morgan fingerprint density at radius 1 is 1.27 bits per heavy atom. The molecule has 0 bridgehead atoms. The Kier molecular flexibility index (Phi) is 1.96. The van der Waals surface area contributed by atoms with E-state index in [1.807, 2.05) is 0 Å². The van der Waals surface area contributed by atoms with Gasteiger partial charge in [0, 0.05) is 0 Å². The van der Waals surface area contributed by atoms with E-state index >= 15 is 0 Å². The summed E-state index contributed by atoms with van der Waals surface area (Å²) in [6, 6.07) is 0. The number of hydrogen-bond donors (Lipinski definition) is 0. The predicted molar refractivity (Wildman–Crippen MR) is 40.3 cm³/mol. The normalized spacial score (nSPS) is 12.1. The molecule has 0 aromatic carbocycles. The Morgan fingerprint density at radius 3 is 2.00 bits per heavy atom. The van der Waals surface area contributed by atoms with E-state index in [0.29, 0.717) is 5.01 Å². The van der Waals surface area contributed by atoms with Gasteiger partial charge in [0.2, 0.25) is 0 Å². The molecule has 0 N–H and O–H groups in total. The van der Waals surface area contributed by atoms with Gasteiger partial charge in [-0.2, -0.15) is 0 Å². The van der Waals surface area contributed by atoms with Crippen LogP contribution >= 0.6 is 11.3 Å². The summed E-state index contributed by atoms with van der Waals surface area (Å²) in [6.07, 6.45) is 0. The topological polar surface area (TPSA) is 12.9 Å². The fraction of sp³-hybridized carbons (Fsp3) is 0.400. The SMILES string of the molecule is Cc1nc([B-](F)(F)F)c(C)s1. The average molecular weight is 180 g/mol. The van der Waals surface area contributed by atoms with Gasteiger partial charge in [-0.1, -0.05) is 0 Å². The predicted octanol–water partition coefficient (Wildman–Crippen LogP) is 1.81. The number of aryl methyl sites for hydroxylation is 2. The number of aromatic nitrogens is 1. The second kappa shape index (κ2) is 2.51. The van der Waals surface area contributed by atoms with E-state index < -0.39 is 12.6 Å². The molecular weight excluding hydrogens is 174 g/mol. The third kappa shape index (κ3) is 1.74. The van der Waals surface area contributed by atoms with Gasteiger partial charge in [-0.15, -0.1) is 11.3 Å². The largest absolute Gasteiger partial charge is 0.528 e. The Balaban J connectivity index is 3.13. The Morgan fingerprint density at radius 2 is 1.82 bits per heavy atom. The average Bonchev–Trinajstić information content (AvgIpc) is 2.08. The molecule has 0 unspecified atom stereocenters. The second-order valence-electron chi connectivity index (χ2n) is 2.25. The van der Waals surface area contributed by atoms with E-state index in [2.05, 4.69) is 4.98 Å². The van der Waals surface area contributed by atoms with Crippen molar-refractivity contribution in [1.29, 1.82) is 0 Å². The van der Waals surface area contributed by atoms with Crippen LogP contribution in [0.1, 0.15) is 9.88 Å². The molecular formula is C5H6BF3NS-. The van der Waals surface area contributed by atoms with Crippen molar-refractivity contribution in [1.82, 2.24) is 4.98 Å². The van der Waals surface area contributed by atoms with Crippen molar-refractivity contribution in [3.05, 3.63) is 9.88 Å². The van der Waals surface area contributed by atoms with Gasteiger partial charge in [0.05, 0.1) is 5.01 Å². The molecule has 1 rings (SSSR count). The highest BCUT2D eigenvalue weighted by Crippen LogP contribution is 2.16. The lowest BCUT2D eigenvalue weighted by Crippen LogP contribution is -2.36. The molecule has 0 atom stereocenters. The van der Waals surface area contributed by atoms with Crippen LogP contribution in [0.4, 0.5) is 12.9 Å². The van der Waals surface area contributed by atoms with E-state index in [-0.39, 0.29) is 4.88 Å². The number of hydrogen-bond acceptors (Lipinski definition) is 2. The first-order chi connectivity index (χ1) is 4.91. The summed E-state index contributed by atoms with van der Waals surface area (Å²) < 4.78 is 36.2. The molecule has 11 heavy (non-hydrogen) atoms. The molecule has 0 radical (unpaired) electrons. The van der Waals surface area contributed by atoms with Crippen LogP contribution in [0.5, 0.6) is 0 Å². The lowest BCUT2D eigenvalue weighted by atomic mass is 9.85. The molecule has 6 heteroatoms. The molecule has 0 aliphatic rings. The smallest absolute Gasteiger partial charge is 0.444 e. The van der Waals surface area contributed by atoms with Gasteiger partial charge in [-0.05, 0) is 24.3 Å². The lowest BCUT2D eigenvalue weighted by Gasteiger charge is -2.11. The van der Waals surface area contributed by atoms with Gasteiger partial charge in [0.25, 0.3) is 0 Å². The maximum absolute atomic E-state index is 12.1. The van der Waals surface area contributed by atoms with Crippen LogP contribution in [-0.4, -0.2) is 12.0 Å². The number of nitrogens with zero attached hydrogens (tertiary/aromatic N) is 1. The van der Waals surface area contributed by atoms with E-state index in [1.54, 1.807) is 6.92 Å². The summed E-state index contributed by atoms with van der Waals surface area (Å²) in [7, 11) is 0. The minimum Gasteiger partial charge on any atom is -0.444 e. The quantitative estimate of drug-likeness (QED) is 0.600. The maximum Gasteiger partial charge on any atom is 0.528 e. The number of thiazole rings is 1. The van der Waals surface area contributed by atoms with Crippen molar-refractivity contribution in [3.8, 4) is 0 Å². The molecule has 0 saturated heterocycles. The van der Waals surface area contributed by atoms with Crippen molar-refractivity contribution in [2.24, 2.45) is 0 Å². The molecule has 0 aliphatic carbocycles. The van der Waals surface area contributed by atoms with Crippen molar-refractivity contribution in [3.63, 3.8) is 0 Å². The Hall–Kier alpha value is -0.515. The van der Waals surface area contributed by atoms with Crippen LogP contribution in [-0.2, 0) is 0 Å². The molecule has 0 aliphatic heterocycles. The van der Waals surface area contributed by atoms with E-state index in [1.165, 1.54) is 6.92 Å². The van der Waals surface area contributed by atoms with Crippen LogP contribution in [0.3, 0.4) is 0 Å². The van der Waals surface area contributed by atoms with E-state index in [9.17, 15) is 12.9 Å². The van der Waals surface area contributed by atoms with E-state index in [0.717, 1.165) is 11.3 Å². The van der Waals surface area contributed by atoms with Crippen LogP contribution in [0.15, 0.2) is 0 Å². The molecule has 1 aromatic rings. The van der Waals surface area contributed by atoms with Gasteiger partial charge >= 0.3 is 6.98 Å². The van der Waals surface area contributed by atoms with Gasteiger partial charge in [-0.25, -0.2) is 0 Å². The summed E-state index contributed by atoms with van der Waals surface area (Å²) in [6.45, 7) is -1.90.